The molecular formula is C50H56B5N. The standard InChI is InChI=1S/C50H56B5N/c1-46(2,3)28-21-27(22-29(23-28)47(4,5)6)33-19-20-36-39(40(33)50(13,14)15)37-34(38-41(51)43(53)45(55)44(54)42(38)52)17-16-18-35(37)56(36)32-25-30(48(7,8)9)24-31(26-32)49(10,11)12/h16-26H,1-15H3. The smallest absolute Gasteiger partial charge is 0.113 e. The lowest BCUT2D eigenvalue weighted by atomic mass is 9.59. The van der Waals surface area contributed by atoms with E-state index in [0.29, 0.717) is 16.5 Å². The lowest BCUT2D eigenvalue weighted by Crippen LogP contribution is -2.55. The highest BCUT2D eigenvalue weighted by Crippen LogP contribution is 2.48. The SMILES string of the molecule is [B]c1c([B])c([B])c(-c2cccc3c2c2c(C(C)(C)C)c(-c4cc(C(C)(C)C)cc(C(C)(C)C)c4)ccc2n3-c2cc(C(C)(C)C)cc(C(C)(C)C)c2)c([B])c1[B]. The summed E-state index contributed by atoms with van der Waals surface area (Å²) in [5, 5.41) is 2.18. The van der Waals surface area contributed by atoms with E-state index in [2.05, 4.69) is 175 Å². The molecule has 276 valence electrons. The van der Waals surface area contributed by atoms with Gasteiger partial charge in [0.2, 0.25) is 0 Å². The maximum absolute atomic E-state index is 6.89. The molecule has 56 heavy (non-hydrogen) atoms. The van der Waals surface area contributed by atoms with E-state index in [1.165, 1.54) is 38.9 Å². The summed E-state index contributed by atoms with van der Waals surface area (Å²) in [7, 11) is 33.2. The Kier molecular flexibility index (Phi) is 10.2. The molecule has 0 N–H and O–H groups in total. The first kappa shape index (κ1) is 41.8. The van der Waals surface area contributed by atoms with Crippen molar-refractivity contribution in [3.8, 4) is 27.9 Å². The van der Waals surface area contributed by atoms with Crippen molar-refractivity contribution in [3.05, 3.63) is 94.5 Å². The molecule has 0 saturated heterocycles. The van der Waals surface area contributed by atoms with Crippen molar-refractivity contribution in [3.63, 3.8) is 0 Å². The summed E-state index contributed by atoms with van der Waals surface area (Å²) in [5.74, 6) is 0. The molecule has 0 amide bonds. The lowest BCUT2D eigenvalue weighted by molar-refractivity contribution is 0.567. The molecule has 0 aliphatic heterocycles. The number of benzene rings is 5. The van der Waals surface area contributed by atoms with Gasteiger partial charge < -0.3 is 4.57 Å². The van der Waals surface area contributed by atoms with Crippen LogP contribution in [0.25, 0.3) is 49.7 Å². The number of fused-ring (bicyclic) bond motifs is 3. The highest BCUT2D eigenvalue weighted by molar-refractivity contribution is 6.69. The van der Waals surface area contributed by atoms with Gasteiger partial charge in [0.25, 0.3) is 0 Å². The molecule has 0 spiro atoms. The molecule has 1 aromatic heterocycles. The van der Waals surface area contributed by atoms with Crippen LogP contribution in [0.2, 0.25) is 0 Å². The fourth-order valence-corrected chi connectivity index (χ4v) is 8.05. The Labute approximate surface area is 344 Å². The summed E-state index contributed by atoms with van der Waals surface area (Å²) >= 11 is 0. The second-order valence-corrected chi connectivity index (χ2v) is 21.2. The molecule has 0 atom stereocenters. The average Bonchev–Trinajstić information content (AvgIpc) is 3.42. The Bertz CT molecular complexity index is 2440. The topological polar surface area (TPSA) is 4.93 Å². The second-order valence-electron chi connectivity index (χ2n) is 21.2. The van der Waals surface area contributed by atoms with Crippen molar-refractivity contribution in [1.82, 2.24) is 4.57 Å². The predicted octanol–water partition coefficient (Wildman–Crippen LogP) is 8.57. The first-order valence-corrected chi connectivity index (χ1v) is 20.0. The van der Waals surface area contributed by atoms with Crippen molar-refractivity contribution < 1.29 is 0 Å². The molecule has 6 aromatic rings. The minimum Gasteiger partial charge on any atom is -0.309 e. The largest absolute Gasteiger partial charge is 0.309 e. The van der Waals surface area contributed by atoms with Crippen LogP contribution in [0.4, 0.5) is 0 Å². The van der Waals surface area contributed by atoms with Crippen LogP contribution in [0.3, 0.4) is 0 Å². The average molecular weight is 725 g/mol. The van der Waals surface area contributed by atoms with E-state index < -0.39 is 0 Å². The van der Waals surface area contributed by atoms with E-state index in [-0.39, 0.29) is 43.5 Å². The molecule has 1 heterocycles. The van der Waals surface area contributed by atoms with Crippen molar-refractivity contribution in [2.75, 3.05) is 0 Å². The van der Waals surface area contributed by atoms with Gasteiger partial charge in [0.05, 0.1) is 11.0 Å². The zero-order chi connectivity index (χ0) is 41.8. The Morgan fingerprint density at radius 2 is 0.804 bits per heavy atom. The molecule has 0 unspecified atom stereocenters. The van der Waals surface area contributed by atoms with Crippen LogP contribution in [0, 0.1) is 0 Å². The summed E-state index contributed by atoms with van der Waals surface area (Å²) < 4.78 is 2.43. The quantitative estimate of drug-likeness (QED) is 0.161. The molecule has 0 bridgehead atoms. The first-order chi connectivity index (χ1) is 25.5. The second kappa shape index (κ2) is 13.7. The first-order valence-electron chi connectivity index (χ1n) is 20.0. The number of aromatic nitrogens is 1. The Balaban J connectivity index is 1.92. The summed E-state index contributed by atoms with van der Waals surface area (Å²) in [4.78, 5) is 0. The van der Waals surface area contributed by atoms with E-state index in [9.17, 15) is 0 Å². The molecule has 0 fully saturated rings. The van der Waals surface area contributed by atoms with Crippen LogP contribution in [0.1, 0.15) is 132 Å². The van der Waals surface area contributed by atoms with Crippen LogP contribution in [0.5, 0.6) is 0 Å². The Morgan fingerprint density at radius 1 is 0.393 bits per heavy atom. The predicted molar refractivity (Wildman–Crippen MR) is 252 cm³/mol. The molecule has 0 aliphatic carbocycles. The van der Waals surface area contributed by atoms with E-state index >= 15 is 0 Å². The Morgan fingerprint density at radius 3 is 1.23 bits per heavy atom. The van der Waals surface area contributed by atoms with Crippen LogP contribution in [-0.2, 0) is 27.1 Å². The van der Waals surface area contributed by atoms with Gasteiger partial charge in [0, 0.05) is 16.5 Å². The van der Waals surface area contributed by atoms with Crippen LogP contribution in [-0.4, -0.2) is 43.8 Å². The van der Waals surface area contributed by atoms with Crippen molar-refractivity contribution in [2.45, 2.75) is 131 Å². The van der Waals surface area contributed by atoms with E-state index in [0.717, 1.165) is 33.1 Å². The number of nitrogens with zero attached hydrogens (tertiary/aromatic N) is 1. The van der Waals surface area contributed by atoms with Gasteiger partial charge in [-0.3, -0.25) is 0 Å². The molecule has 1 nitrogen and oxygen atoms in total. The number of hydrogen-bond donors (Lipinski definition) is 0. The number of rotatable bonds is 3. The number of hydrogen-bond acceptors (Lipinski definition) is 0. The molecule has 6 rings (SSSR count). The minimum absolute atomic E-state index is 0.0435. The maximum atomic E-state index is 6.89. The summed E-state index contributed by atoms with van der Waals surface area (Å²) in [6.45, 7) is 34.4. The third kappa shape index (κ3) is 7.29. The maximum Gasteiger partial charge on any atom is 0.113 e. The summed E-state index contributed by atoms with van der Waals surface area (Å²) in [6.07, 6.45) is 0. The minimum atomic E-state index is -0.291. The van der Waals surface area contributed by atoms with Crippen molar-refractivity contribution in [1.29, 1.82) is 0 Å². The van der Waals surface area contributed by atoms with Gasteiger partial charge in [-0.05, 0) is 101 Å². The van der Waals surface area contributed by atoms with E-state index in [1.807, 2.05) is 0 Å². The molecular weight excluding hydrogens is 669 g/mol. The third-order valence-electron chi connectivity index (χ3n) is 11.6. The molecule has 6 heteroatoms. The fourth-order valence-electron chi connectivity index (χ4n) is 8.05. The molecule has 5 aromatic carbocycles. The van der Waals surface area contributed by atoms with Gasteiger partial charge in [0.15, 0.2) is 0 Å². The third-order valence-corrected chi connectivity index (χ3v) is 11.6. The highest BCUT2D eigenvalue weighted by atomic mass is 15.0. The fraction of sp³-hybridized carbons (Fsp3) is 0.400. The lowest BCUT2D eigenvalue weighted by Gasteiger charge is -2.29. The molecule has 0 aliphatic rings. The Hall–Kier alpha value is -3.78. The normalized spacial score (nSPS) is 13.3. The van der Waals surface area contributed by atoms with Gasteiger partial charge in [0.1, 0.15) is 39.2 Å². The zero-order valence-corrected chi connectivity index (χ0v) is 36.7. The molecule has 0 saturated carbocycles. The summed E-state index contributed by atoms with van der Waals surface area (Å²) in [5.41, 5.74) is 14.4. The zero-order valence-electron chi connectivity index (χ0n) is 36.7. The molecule has 10 radical (unpaired) electrons. The van der Waals surface area contributed by atoms with Crippen LogP contribution < -0.4 is 27.3 Å². The van der Waals surface area contributed by atoms with Crippen molar-refractivity contribution >= 4 is 88.4 Å². The highest BCUT2D eigenvalue weighted by Gasteiger charge is 2.31. The van der Waals surface area contributed by atoms with Crippen LogP contribution in [0.15, 0.2) is 66.7 Å². The van der Waals surface area contributed by atoms with Gasteiger partial charge in [-0.15, -0.1) is 16.4 Å². The van der Waals surface area contributed by atoms with Crippen LogP contribution >= 0.6 is 0 Å². The van der Waals surface area contributed by atoms with Gasteiger partial charge in [-0.25, -0.2) is 0 Å². The monoisotopic (exact) mass is 725 g/mol. The van der Waals surface area contributed by atoms with Crippen molar-refractivity contribution in [2.24, 2.45) is 0 Å². The van der Waals surface area contributed by atoms with E-state index in [1.54, 1.807) is 0 Å². The summed E-state index contributed by atoms with van der Waals surface area (Å²) in [6, 6.07) is 25.3. The van der Waals surface area contributed by atoms with Gasteiger partial charge >= 0.3 is 0 Å². The van der Waals surface area contributed by atoms with Gasteiger partial charge in [-0.1, -0.05) is 157 Å². The van der Waals surface area contributed by atoms with Gasteiger partial charge in [-0.2, -0.15) is 0 Å². The van der Waals surface area contributed by atoms with E-state index in [4.69, 9.17) is 39.2 Å².